The number of H-pyrrole nitrogens is 1. The molecule has 0 aliphatic rings. The van der Waals surface area contributed by atoms with E-state index in [1.165, 1.54) is 12.1 Å². The molecular formula is C21H14F2N4. The topological polar surface area (TPSA) is 46.5 Å². The molecule has 27 heavy (non-hydrogen) atoms. The molecule has 0 bridgehead atoms. The van der Waals surface area contributed by atoms with E-state index < -0.39 is 11.6 Å². The van der Waals surface area contributed by atoms with Gasteiger partial charge < -0.3 is 4.57 Å². The first kappa shape index (κ1) is 15.7. The molecular weight excluding hydrogens is 346 g/mol. The van der Waals surface area contributed by atoms with Crippen molar-refractivity contribution < 1.29 is 8.78 Å². The second kappa shape index (κ2) is 6.02. The lowest BCUT2D eigenvalue weighted by Crippen LogP contribution is -2.02. The molecule has 0 aliphatic carbocycles. The number of benzene rings is 3. The number of nitrogens with zero attached hydrogens (tertiary/aromatic N) is 3. The number of halogens is 2. The number of hydrogen-bond donors (Lipinski definition) is 1. The smallest absolute Gasteiger partial charge is 0.131 e. The highest BCUT2D eigenvalue weighted by Crippen LogP contribution is 2.32. The Morgan fingerprint density at radius 2 is 1.74 bits per heavy atom. The number of aromatic amines is 1. The molecule has 0 saturated heterocycles. The van der Waals surface area contributed by atoms with Gasteiger partial charge in [-0.3, -0.25) is 0 Å². The van der Waals surface area contributed by atoms with E-state index in [-0.39, 0.29) is 0 Å². The van der Waals surface area contributed by atoms with Gasteiger partial charge in [0.25, 0.3) is 0 Å². The van der Waals surface area contributed by atoms with Crippen LogP contribution in [-0.2, 0) is 6.54 Å². The molecule has 1 N–H and O–H groups in total. The van der Waals surface area contributed by atoms with E-state index in [9.17, 15) is 8.78 Å². The molecule has 0 radical (unpaired) electrons. The summed E-state index contributed by atoms with van der Waals surface area (Å²) in [7, 11) is 0. The summed E-state index contributed by atoms with van der Waals surface area (Å²) >= 11 is 0. The molecule has 0 spiro atoms. The van der Waals surface area contributed by atoms with Crippen LogP contribution in [0.5, 0.6) is 0 Å². The van der Waals surface area contributed by atoms with Gasteiger partial charge in [-0.15, -0.1) is 0 Å². The minimum Gasteiger partial charge on any atom is -0.336 e. The van der Waals surface area contributed by atoms with E-state index in [0.29, 0.717) is 12.1 Å². The average molecular weight is 360 g/mol. The van der Waals surface area contributed by atoms with Crippen LogP contribution in [0.2, 0.25) is 0 Å². The molecule has 0 aliphatic heterocycles. The van der Waals surface area contributed by atoms with Crippen molar-refractivity contribution in [3.8, 4) is 11.3 Å². The van der Waals surface area contributed by atoms with Crippen LogP contribution >= 0.6 is 0 Å². The fourth-order valence-corrected chi connectivity index (χ4v) is 3.54. The molecule has 2 heterocycles. The molecule has 0 fully saturated rings. The first-order chi connectivity index (χ1) is 13.2. The summed E-state index contributed by atoms with van der Waals surface area (Å²) in [5.74, 6) is -1.11. The number of para-hydroxylation sites is 1. The zero-order chi connectivity index (χ0) is 18.4. The fraction of sp³-hybridized carbons (Fsp3) is 0.0476. The molecule has 5 rings (SSSR count). The molecule has 132 valence electrons. The quantitative estimate of drug-likeness (QED) is 0.497. The van der Waals surface area contributed by atoms with Gasteiger partial charge >= 0.3 is 0 Å². The van der Waals surface area contributed by atoms with Gasteiger partial charge in [0.15, 0.2) is 0 Å². The van der Waals surface area contributed by atoms with Crippen molar-refractivity contribution in [2.75, 3.05) is 0 Å². The van der Waals surface area contributed by atoms with Gasteiger partial charge in [-0.05, 0) is 24.3 Å². The highest BCUT2D eigenvalue weighted by Gasteiger charge is 2.14. The Bertz CT molecular complexity index is 1270. The highest BCUT2D eigenvalue weighted by molar-refractivity contribution is 6.09. The van der Waals surface area contributed by atoms with Crippen molar-refractivity contribution in [2.24, 2.45) is 0 Å². The SMILES string of the molecule is Fc1ccc(Cn2c3ccccc3c3cc(-c4cn[nH]n4)ccc32)c(F)c1. The van der Waals surface area contributed by atoms with E-state index in [4.69, 9.17) is 0 Å². The molecule has 0 saturated carbocycles. The van der Waals surface area contributed by atoms with Crippen molar-refractivity contribution in [1.82, 2.24) is 20.0 Å². The third kappa shape index (κ3) is 2.57. The van der Waals surface area contributed by atoms with Crippen LogP contribution in [0.4, 0.5) is 8.78 Å². The van der Waals surface area contributed by atoms with Crippen molar-refractivity contribution in [2.45, 2.75) is 6.54 Å². The van der Waals surface area contributed by atoms with Gasteiger partial charge in [-0.25, -0.2) is 8.78 Å². The van der Waals surface area contributed by atoms with Gasteiger partial charge in [0, 0.05) is 39.0 Å². The predicted molar refractivity (Wildman–Crippen MR) is 100 cm³/mol. The Labute approximate surface area is 153 Å². The van der Waals surface area contributed by atoms with E-state index in [2.05, 4.69) is 21.5 Å². The Balaban J connectivity index is 1.73. The van der Waals surface area contributed by atoms with E-state index in [1.54, 1.807) is 6.20 Å². The van der Waals surface area contributed by atoms with Crippen LogP contribution in [-0.4, -0.2) is 20.0 Å². The summed E-state index contributed by atoms with van der Waals surface area (Å²) in [6.07, 6.45) is 1.67. The first-order valence-corrected chi connectivity index (χ1v) is 8.52. The number of rotatable bonds is 3. The Kier molecular flexibility index (Phi) is 3.50. The van der Waals surface area contributed by atoms with Crippen LogP contribution in [0, 0.1) is 11.6 Å². The van der Waals surface area contributed by atoms with E-state index in [0.717, 1.165) is 39.1 Å². The molecule has 0 atom stereocenters. The molecule has 5 aromatic rings. The maximum atomic E-state index is 14.2. The summed E-state index contributed by atoms with van der Waals surface area (Å²) in [6.45, 7) is 0.319. The Morgan fingerprint density at radius 3 is 2.56 bits per heavy atom. The van der Waals surface area contributed by atoms with Gasteiger partial charge in [-0.1, -0.05) is 30.3 Å². The lowest BCUT2D eigenvalue weighted by Gasteiger charge is -2.09. The van der Waals surface area contributed by atoms with Gasteiger partial charge in [0.1, 0.15) is 17.3 Å². The van der Waals surface area contributed by atoms with Crippen molar-refractivity contribution in [1.29, 1.82) is 0 Å². The average Bonchev–Trinajstić information content (AvgIpc) is 3.31. The molecule has 0 unspecified atom stereocenters. The number of hydrogen-bond acceptors (Lipinski definition) is 2. The monoisotopic (exact) mass is 360 g/mol. The van der Waals surface area contributed by atoms with Gasteiger partial charge in [0.05, 0.1) is 12.7 Å². The van der Waals surface area contributed by atoms with Crippen molar-refractivity contribution in [3.05, 3.63) is 84.1 Å². The summed E-state index contributed by atoms with van der Waals surface area (Å²) in [4.78, 5) is 0. The summed E-state index contributed by atoms with van der Waals surface area (Å²) < 4.78 is 29.5. The molecule has 2 aromatic heterocycles. The lowest BCUT2D eigenvalue weighted by molar-refractivity contribution is 0.568. The third-order valence-electron chi connectivity index (χ3n) is 4.83. The zero-order valence-electron chi connectivity index (χ0n) is 14.2. The third-order valence-corrected chi connectivity index (χ3v) is 4.83. The van der Waals surface area contributed by atoms with Crippen LogP contribution in [0.25, 0.3) is 33.1 Å². The van der Waals surface area contributed by atoms with Crippen molar-refractivity contribution >= 4 is 21.8 Å². The lowest BCUT2D eigenvalue weighted by atomic mass is 10.1. The van der Waals surface area contributed by atoms with E-state index in [1.807, 2.05) is 41.0 Å². The second-order valence-electron chi connectivity index (χ2n) is 6.43. The van der Waals surface area contributed by atoms with E-state index >= 15 is 0 Å². The normalized spacial score (nSPS) is 11.5. The standard InChI is InChI=1S/C21H14F2N4/c22-15-7-5-14(18(23)10-15)12-27-20-4-2-1-3-16(20)17-9-13(6-8-21(17)27)19-11-24-26-25-19/h1-11H,12H2,(H,24,25,26). The van der Waals surface area contributed by atoms with Crippen LogP contribution in [0.3, 0.4) is 0 Å². The molecule has 4 nitrogen and oxygen atoms in total. The molecule has 6 heteroatoms. The van der Waals surface area contributed by atoms with Gasteiger partial charge in [0.2, 0.25) is 0 Å². The first-order valence-electron chi connectivity index (χ1n) is 8.52. The summed E-state index contributed by atoms with van der Waals surface area (Å²) in [5.41, 5.74) is 4.13. The van der Waals surface area contributed by atoms with Gasteiger partial charge in [-0.2, -0.15) is 15.4 Å². The minimum absolute atomic E-state index is 0.319. The summed E-state index contributed by atoms with van der Waals surface area (Å²) in [5, 5.41) is 12.7. The number of nitrogens with one attached hydrogen (secondary N) is 1. The van der Waals surface area contributed by atoms with Crippen molar-refractivity contribution in [3.63, 3.8) is 0 Å². The predicted octanol–water partition coefficient (Wildman–Crippen LogP) is 4.91. The second-order valence-corrected chi connectivity index (χ2v) is 6.43. The maximum Gasteiger partial charge on any atom is 0.131 e. The fourth-order valence-electron chi connectivity index (χ4n) is 3.54. The molecule has 0 amide bonds. The Hall–Kier alpha value is -3.54. The largest absolute Gasteiger partial charge is 0.336 e. The minimum atomic E-state index is -0.573. The Morgan fingerprint density at radius 1 is 0.889 bits per heavy atom. The number of fused-ring (bicyclic) bond motifs is 3. The number of aromatic nitrogens is 4. The molecule has 3 aromatic carbocycles. The maximum absolute atomic E-state index is 14.2. The highest BCUT2D eigenvalue weighted by atomic mass is 19.1. The van der Waals surface area contributed by atoms with Crippen LogP contribution < -0.4 is 0 Å². The zero-order valence-corrected chi connectivity index (χ0v) is 14.2. The summed E-state index contributed by atoms with van der Waals surface area (Å²) in [6, 6.07) is 17.7. The van der Waals surface area contributed by atoms with Crippen LogP contribution in [0.1, 0.15) is 5.56 Å². The van der Waals surface area contributed by atoms with Crippen LogP contribution in [0.15, 0.2) is 66.9 Å².